The van der Waals surface area contributed by atoms with Gasteiger partial charge >= 0.3 is 0 Å². The van der Waals surface area contributed by atoms with Gasteiger partial charge in [0.05, 0.1) is 17.0 Å². The van der Waals surface area contributed by atoms with Crippen molar-refractivity contribution in [3.63, 3.8) is 0 Å². The molecule has 6 heteroatoms. The van der Waals surface area contributed by atoms with E-state index in [0.717, 1.165) is 41.3 Å². The van der Waals surface area contributed by atoms with E-state index in [2.05, 4.69) is 54.1 Å². The number of aryl methyl sites for hydroxylation is 3. The van der Waals surface area contributed by atoms with E-state index >= 15 is 0 Å². The Balaban J connectivity index is 1.39. The lowest BCUT2D eigenvalue weighted by Gasteiger charge is -2.37. The summed E-state index contributed by atoms with van der Waals surface area (Å²) in [6.07, 6.45) is 1.72. The second-order valence-electron chi connectivity index (χ2n) is 8.82. The summed E-state index contributed by atoms with van der Waals surface area (Å²) >= 11 is 0. The maximum Gasteiger partial charge on any atom is 0.257 e. The molecule has 1 aliphatic heterocycles. The Morgan fingerprint density at radius 3 is 2.33 bits per heavy atom. The van der Waals surface area contributed by atoms with E-state index in [1.807, 2.05) is 41.5 Å². The number of fused-ring (bicyclic) bond motifs is 1. The highest BCUT2D eigenvalue weighted by molar-refractivity contribution is 5.96. The Bertz CT molecular complexity index is 1330. The average Bonchev–Trinajstić information content (AvgIpc) is 3.18. The van der Waals surface area contributed by atoms with Crippen molar-refractivity contribution >= 4 is 17.2 Å². The Morgan fingerprint density at radius 2 is 1.61 bits per heavy atom. The van der Waals surface area contributed by atoms with Gasteiger partial charge in [0.25, 0.3) is 5.91 Å². The molecule has 1 saturated heterocycles. The third kappa shape index (κ3) is 3.65. The zero-order valence-electron chi connectivity index (χ0n) is 19.7. The number of hydrogen-bond donors (Lipinski definition) is 0. The van der Waals surface area contributed by atoms with Crippen molar-refractivity contribution in [2.24, 2.45) is 0 Å². The highest BCUT2D eigenvalue weighted by atomic mass is 16.2. The van der Waals surface area contributed by atoms with Crippen LogP contribution >= 0.6 is 0 Å². The number of aromatic nitrogens is 3. The zero-order valence-corrected chi connectivity index (χ0v) is 19.7. The number of piperazine rings is 1. The molecule has 6 nitrogen and oxygen atoms in total. The van der Waals surface area contributed by atoms with Gasteiger partial charge in [-0.05, 0) is 50.5 Å². The maximum atomic E-state index is 13.4. The van der Waals surface area contributed by atoms with Crippen molar-refractivity contribution in [1.82, 2.24) is 19.5 Å². The normalized spacial score (nSPS) is 14.2. The lowest BCUT2D eigenvalue weighted by Crippen LogP contribution is -2.49. The molecule has 0 N–H and O–H groups in total. The van der Waals surface area contributed by atoms with Crippen LogP contribution in [-0.2, 0) is 0 Å². The first-order valence-corrected chi connectivity index (χ1v) is 11.5. The molecule has 2 aromatic heterocycles. The van der Waals surface area contributed by atoms with Crippen LogP contribution in [0.15, 0.2) is 54.7 Å². The van der Waals surface area contributed by atoms with Crippen LogP contribution in [0.1, 0.15) is 32.9 Å². The van der Waals surface area contributed by atoms with Crippen LogP contribution in [0.25, 0.3) is 16.8 Å². The van der Waals surface area contributed by atoms with E-state index < -0.39 is 0 Å². The number of amides is 1. The molecule has 2 aromatic carbocycles. The van der Waals surface area contributed by atoms with E-state index in [0.29, 0.717) is 18.7 Å². The summed E-state index contributed by atoms with van der Waals surface area (Å²) in [4.78, 5) is 22.4. The molecule has 0 radical (unpaired) electrons. The van der Waals surface area contributed by atoms with Crippen LogP contribution in [0, 0.1) is 27.7 Å². The van der Waals surface area contributed by atoms with E-state index in [4.69, 9.17) is 5.10 Å². The summed E-state index contributed by atoms with van der Waals surface area (Å²) in [5.41, 5.74) is 9.10. The van der Waals surface area contributed by atoms with Gasteiger partial charge in [0.1, 0.15) is 0 Å². The van der Waals surface area contributed by atoms with Crippen LogP contribution in [0.5, 0.6) is 0 Å². The van der Waals surface area contributed by atoms with Crippen LogP contribution < -0.4 is 4.90 Å². The predicted molar refractivity (Wildman–Crippen MR) is 132 cm³/mol. The quantitative estimate of drug-likeness (QED) is 0.468. The molecule has 1 fully saturated rings. The predicted octanol–water partition coefficient (Wildman–Crippen LogP) is 4.59. The molecule has 0 unspecified atom stereocenters. The van der Waals surface area contributed by atoms with E-state index in [1.54, 1.807) is 6.20 Å². The largest absolute Gasteiger partial charge is 0.368 e. The Kier molecular flexibility index (Phi) is 5.36. The molecule has 0 saturated carbocycles. The molecular weight excluding hydrogens is 410 g/mol. The first-order valence-electron chi connectivity index (χ1n) is 11.5. The second kappa shape index (κ2) is 8.35. The van der Waals surface area contributed by atoms with Crippen molar-refractivity contribution < 1.29 is 4.79 Å². The first-order chi connectivity index (χ1) is 16.0. The molecule has 4 aromatic rings. The highest BCUT2D eigenvalue weighted by Gasteiger charge is 2.26. The fraction of sp³-hybridized carbons (Fsp3) is 0.296. The van der Waals surface area contributed by atoms with Crippen LogP contribution in [0.3, 0.4) is 0 Å². The summed E-state index contributed by atoms with van der Waals surface area (Å²) < 4.78 is 1.82. The molecule has 1 aliphatic rings. The monoisotopic (exact) mass is 439 g/mol. The Morgan fingerprint density at radius 1 is 0.879 bits per heavy atom. The van der Waals surface area contributed by atoms with Crippen molar-refractivity contribution in [2.75, 3.05) is 31.1 Å². The number of carbonyl (C=O) groups is 1. The number of hydrogen-bond acceptors (Lipinski definition) is 4. The standard InChI is InChI=1S/C27H29N5O/c1-18-9-8-12-24(19(18)2)30-13-15-31(16-14-30)27(33)23-17-28-26-25(22-10-6-5-7-11-22)20(3)29-32(26)21(23)4/h5-12,17H,13-16H2,1-4H3. The molecule has 0 spiro atoms. The maximum absolute atomic E-state index is 13.4. The zero-order chi connectivity index (χ0) is 23.1. The van der Waals surface area contributed by atoms with Gasteiger partial charge in [-0.2, -0.15) is 5.10 Å². The lowest BCUT2D eigenvalue weighted by molar-refractivity contribution is 0.0745. The van der Waals surface area contributed by atoms with Gasteiger partial charge < -0.3 is 9.80 Å². The van der Waals surface area contributed by atoms with Crippen molar-refractivity contribution in [3.8, 4) is 11.1 Å². The van der Waals surface area contributed by atoms with E-state index in [9.17, 15) is 4.79 Å². The molecule has 5 rings (SSSR count). The third-order valence-electron chi connectivity index (χ3n) is 6.84. The van der Waals surface area contributed by atoms with Crippen molar-refractivity contribution in [1.29, 1.82) is 0 Å². The summed E-state index contributed by atoms with van der Waals surface area (Å²) in [6, 6.07) is 16.6. The van der Waals surface area contributed by atoms with E-state index in [-0.39, 0.29) is 5.91 Å². The second-order valence-corrected chi connectivity index (χ2v) is 8.82. The number of benzene rings is 2. The lowest BCUT2D eigenvalue weighted by atomic mass is 10.1. The fourth-order valence-corrected chi connectivity index (χ4v) is 4.75. The average molecular weight is 440 g/mol. The summed E-state index contributed by atoms with van der Waals surface area (Å²) in [7, 11) is 0. The number of anilines is 1. The molecule has 168 valence electrons. The van der Waals surface area contributed by atoms with Gasteiger partial charge in [-0.1, -0.05) is 42.5 Å². The summed E-state index contributed by atoms with van der Waals surface area (Å²) in [5.74, 6) is 0.0249. The molecule has 1 amide bonds. The Hall–Kier alpha value is -3.67. The van der Waals surface area contributed by atoms with Gasteiger partial charge in [-0.3, -0.25) is 4.79 Å². The SMILES string of the molecule is Cc1cccc(N2CCN(C(=O)c3cnc4c(-c5ccccc5)c(C)nn4c3C)CC2)c1C. The van der Waals surface area contributed by atoms with E-state index in [1.165, 1.54) is 16.8 Å². The van der Waals surface area contributed by atoms with Crippen molar-refractivity contribution in [3.05, 3.63) is 82.8 Å². The van der Waals surface area contributed by atoms with Gasteiger partial charge in [-0.15, -0.1) is 0 Å². The van der Waals surface area contributed by atoms with Crippen LogP contribution in [0.2, 0.25) is 0 Å². The minimum atomic E-state index is 0.0249. The fourth-order valence-electron chi connectivity index (χ4n) is 4.75. The number of rotatable bonds is 3. The first kappa shape index (κ1) is 21.2. The minimum Gasteiger partial charge on any atom is -0.368 e. The molecule has 33 heavy (non-hydrogen) atoms. The van der Waals surface area contributed by atoms with Gasteiger partial charge in [-0.25, -0.2) is 9.50 Å². The van der Waals surface area contributed by atoms with Gasteiger partial charge in [0.15, 0.2) is 5.65 Å². The van der Waals surface area contributed by atoms with Gasteiger partial charge in [0, 0.05) is 43.6 Å². The highest BCUT2D eigenvalue weighted by Crippen LogP contribution is 2.29. The molecule has 0 aliphatic carbocycles. The van der Waals surface area contributed by atoms with Crippen molar-refractivity contribution in [2.45, 2.75) is 27.7 Å². The summed E-state index contributed by atoms with van der Waals surface area (Å²) in [5, 5.41) is 4.72. The smallest absolute Gasteiger partial charge is 0.257 e. The molecule has 0 bridgehead atoms. The third-order valence-corrected chi connectivity index (χ3v) is 6.84. The molecule has 0 atom stereocenters. The summed E-state index contributed by atoms with van der Waals surface area (Å²) in [6.45, 7) is 11.3. The number of nitrogens with zero attached hydrogens (tertiary/aromatic N) is 5. The minimum absolute atomic E-state index is 0.0249. The molecular formula is C27H29N5O. The van der Waals surface area contributed by atoms with Crippen LogP contribution in [-0.4, -0.2) is 51.6 Å². The Labute approximate surface area is 194 Å². The van der Waals surface area contributed by atoms with Gasteiger partial charge in [0.2, 0.25) is 0 Å². The number of carbonyl (C=O) groups excluding carboxylic acids is 1. The topological polar surface area (TPSA) is 53.7 Å². The van der Waals surface area contributed by atoms with Crippen LogP contribution in [0.4, 0.5) is 5.69 Å². The molecule has 3 heterocycles.